The number of benzene rings is 2. The van der Waals surface area contributed by atoms with Crippen LogP contribution in [-0.2, 0) is 6.54 Å². The van der Waals surface area contributed by atoms with Crippen LogP contribution in [-0.4, -0.2) is 24.4 Å². The fourth-order valence-electron chi connectivity index (χ4n) is 1.92. The molecule has 0 aliphatic carbocycles. The van der Waals surface area contributed by atoms with Crippen molar-refractivity contribution in [2.24, 2.45) is 0 Å². The Labute approximate surface area is 122 Å². The van der Waals surface area contributed by atoms with Gasteiger partial charge in [-0.1, -0.05) is 12.1 Å². The lowest BCUT2D eigenvalue weighted by Crippen LogP contribution is -2.04. The SMILES string of the molecule is COc1ccc(CNc2ccc(C(=O)O)cc2C=N)cc1. The smallest absolute Gasteiger partial charge is 0.335 e. The third-order valence-corrected chi connectivity index (χ3v) is 3.10. The summed E-state index contributed by atoms with van der Waals surface area (Å²) in [6, 6.07) is 12.3. The maximum absolute atomic E-state index is 10.9. The van der Waals surface area contributed by atoms with Gasteiger partial charge in [0, 0.05) is 24.0 Å². The molecule has 0 atom stereocenters. The Hall–Kier alpha value is -2.82. The van der Waals surface area contributed by atoms with Crippen LogP contribution in [0.5, 0.6) is 5.75 Å². The van der Waals surface area contributed by atoms with Gasteiger partial charge in [0.05, 0.1) is 12.7 Å². The molecule has 0 aromatic heterocycles. The van der Waals surface area contributed by atoms with Gasteiger partial charge in [-0.05, 0) is 35.9 Å². The highest BCUT2D eigenvalue weighted by atomic mass is 16.5. The molecule has 0 amide bonds. The Morgan fingerprint density at radius 2 is 2.00 bits per heavy atom. The highest BCUT2D eigenvalue weighted by Crippen LogP contribution is 2.18. The van der Waals surface area contributed by atoms with Gasteiger partial charge in [0.2, 0.25) is 0 Å². The van der Waals surface area contributed by atoms with Crippen molar-refractivity contribution in [3.8, 4) is 5.75 Å². The molecular formula is C16H16N2O3. The molecule has 0 aliphatic heterocycles. The first-order valence-electron chi connectivity index (χ1n) is 6.38. The fraction of sp³-hybridized carbons (Fsp3) is 0.125. The van der Waals surface area contributed by atoms with Crippen LogP contribution < -0.4 is 10.1 Å². The first-order valence-corrected chi connectivity index (χ1v) is 6.38. The van der Waals surface area contributed by atoms with E-state index in [9.17, 15) is 4.79 Å². The number of methoxy groups -OCH3 is 1. The lowest BCUT2D eigenvalue weighted by Gasteiger charge is -2.10. The summed E-state index contributed by atoms with van der Waals surface area (Å²) in [5.74, 6) is -0.204. The van der Waals surface area contributed by atoms with Gasteiger partial charge < -0.3 is 20.6 Å². The van der Waals surface area contributed by atoms with E-state index in [1.54, 1.807) is 13.2 Å². The van der Waals surface area contributed by atoms with Crippen LogP contribution in [0.1, 0.15) is 21.5 Å². The highest BCUT2D eigenvalue weighted by molar-refractivity contribution is 5.93. The Balaban J connectivity index is 2.11. The van der Waals surface area contributed by atoms with Crippen molar-refractivity contribution >= 4 is 17.9 Å². The number of carbonyl (C=O) groups is 1. The molecule has 0 fully saturated rings. The summed E-state index contributed by atoms with van der Waals surface area (Å²) in [6.07, 6.45) is 1.14. The summed E-state index contributed by atoms with van der Waals surface area (Å²) in [7, 11) is 1.62. The summed E-state index contributed by atoms with van der Waals surface area (Å²) in [5.41, 5.74) is 2.51. The fourth-order valence-corrected chi connectivity index (χ4v) is 1.92. The zero-order valence-electron chi connectivity index (χ0n) is 11.6. The molecule has 2 rings (SSSR count). The number of carboxylic acid groups (broad SMARTS) is 1. The number of hydrogen-bond donors (Lipinski definition) is 3. The summed E-state index contributed by atoms with van der Waals surface area (Å²) in [4.78, 5) is 10.9. The van der Waals surface area contributed by atoms with Crippen molar-refractivity contribution in [3.05, 3.63) is 59.2 Å². The number of hydrogen-bond acceptors (Lipinski definition) is 4. The van der Waals surface area contributed by atoms with Crippen molar-refractivity contribution in [1.29, 1.82) is 5.41 Å². The van der Waals surface area contributed by atoms with Crippen molar-refractivity contribution in [1.82, 2.24) is 0 Å². The van der Waals surface area contributed by atoms with E-state index < -0.39 is 5.97 Å². The Morgan fingerprint density at radius 1 is 1.29 bits per heavy atom. The molecule has 21 heavy (non-hydrogen) atoms. The van der Waals surface area contributed by atoms with E-state index in [2.05, 4.69) is 5.32 Å². The third-order valence-electron chi connectivity index (χ3n) is 3.10. The average Bonchev–Trinajstić information content (AvgIpc) is 2.53. The first-order chi connectivity index (χ1) is 10.1. The van der Waals surface area contributed by atoms with Crippen molar-refractivity contribution in [2.75, 3.05) is 12.4 Å². The molecular weight excluding hydrogens is 268 g/mol. The van der Waals surface area contributed by atoms with Gasteiger partial charge in [-0.2, -0.15) is 0 Å². The van der Waals surface area contributed by atoms with Crippen molar-refractivity contribution < 1.29 is 14.6 Å². The largest absolute Gasteiger partial charge is 0.497 e. The lowest BCUT2D eigenvalue weighted by molar-refractivity contribution is 0.0697. The molecule has 5 nitrogen and oxygen atoms in total. The van der Waals surface area contributed by atoms with E-state index in [4.69, 9.17) is 15.3 Å². The predicted octanol–water partition coefficient (Wildman–Crippen LogP) is 3.00. The van der Waals surface area contributed by atoms with Crippen molar-refractivity contribution in [3.63, 3.8) is 0 Å². The molecule has 5 heteroatoms. The van der Waals surface area contributed by atoms with E-state index in [-0.39, 0.29) is 5.56 Å². The van der Waals surface area contributed by atoms with Gasteiger partial charge in [-0.3, -0.25) is 0 Å². The second-order valence-electron chi connectivity index (χ2n) is 4.45. The Bertz CT molecular complexity index is 651. The highest BCUT2D eigenvalue weighted by Gasteiger charge is 2.07. The third kappa shape index (κ3) is 3.60. The first kappa shape index (κ1) is 14.6. The summed E-state index contributed by atoms with van der Waals surface area (Å²) in [5, 5.41) is 19.5. The quantitative estimate of drug-likeness (QED) is 0.712. The zero-order chi connectivity index (χ0) is 15.2. The van der Waals surface area contributed by atoms with Crippen LogP contribution in [0.2, 0.25) is 0 Å². The standard InChI is InChI=1S/C16H16N2O3/c1-21-14-5-2-11(3-6-14)10-18-15-7-4-12(16(19)20)8-13(15)9-17/h2-9,17-18H,10H2,1H3,(H,19,20). The van der Waals surface area contributed by atoms with E-state index >= 15 is 0 Å². The number of aromatic carboxylic acids is 1. The van der Waals surface area contributed by atoms with Crippen LogP contribution in [0.4, 0.5) is 5.69 Å². The molecule has 0 aliphatic rings. The molecule has 2 aromatic carbocycles. The van der Waals surface area contributed by atoms with Crippen LogP contribution in [0.25, 0.3) is 0 Å². The van der Waals surface area contributed by atoms with E-state index in [0.717, 1.165) is 23.2 Å². The van der Waals surface area contributed by atoms with Gasteiger partial charge in [-0.15, -0.1) is 0 Å². The molecule has 2 aromatic rings. The minimum Gasteiger partial charge on any atom is -0.497 e. The minimum atomic E-state index is -1.00. The van der Waals surface area contributed by atoms with Gasteiger partial charge in [-0.25, -0.2) is 4.79 Å². The molecule has 0 spiro atoms. The number of carboxylic acids is 1. The monoisotopic (exact) mass is 284 g/mol. The number of anilines is 1. The number of nitrogens with one attached hydrogen (secondary N) is 2. The average molecular weight is 284 g/mol. The van der Waals surface area contributed by atoms with Crippen molar-refractivity contribution in [2.45, 2.75) is 6.54 Å². The summed E-state index contributed by atoms with van der Waals surface area (Å²) in [6.45, 7) is 0.581. The lowest BCUT2D eigenvalue weighted by atomic mass is 10.1. The predicted molar refractivity (Wildman–Crippen MR) is 81.6 cm³/mol. The number of ether oxygens (including phenoxy) is 1. The molecule has 0 heterocycles. The molecule has 0 radical (unpaired) electrons. The molecule has 108 valence electrons. The van der Waals surface area contributed by atoms with Gasteiger partial charge in [0.25, 0.3) is 0 Å². The van der Waals surface area contributed by atoms with Gasteiger partial charge in [0.15, 0.2) is 0 Å². The maximum atomic E-state index is 10.9. The normalized spacial score (nSPS) is 9.95. The van der Waals surface area contributed by atoms with Crippen LogP contribution in [0.3, 0.4) is 0 Å². The van der Waals surface area contributed by atoms with Gasteiger partial charge in [0.1, 0.15) is 5.75 Å². The Morgan fingerprint density at radius 3 is 2.57 bits per heavy atom. The van der Waals surface area contributed by atoms with Crippen LogP contribution in [0.15, 0.2) is 42.5 Å². The minimum absolute atomic E-state index is 0.170. The maximum Gasteiger partial charge on any atom is 0.335 e. The molecule has 0 saturated heterocycles. The second kappa shape index (κ2) is 6.56. The van der Waals surface area contributed by atoms with Crippen LogP contribution in [0, 0.1) is 5.41 Å². The molecule has 0 saturated carbocycles. The topological polar surface area (TPSA) is 82.4 Å². The zero-order valence-corrected chi connectivity index (χ0v) is 11.6. The Kier molecular flexibility index (Phi) is 4.56. The van der Waals surface area contributed by atoms with Gasteiger partial charge >= 0.3 is 5.97 Å². The van der Waals surface area contributed by atoms with E-state index in [1.807, 2.05) is 24.3 Å². The van der Waals surface area contributed by atoms with E-state index in [0.29, 0.717) is 12.1 Å². The second-order valence-corrected chi connectivity index (χ2v) is 4.45. The summed E-state index contributed by atoms with van der Waals surface area (Å²) < 4.78 is 5.10. The summed E-state index contributed by atoms with van der Waals surface area (Å²) >= 11 is 0. The van der Waals surface area contributed by atoms with Crippen LogP contribution >= 0.6 is 0 Å². The molecule has 0 bridgehead atoms. The van der Waals surface area contributed by atoms with E-state index in [1.165, 1.54) is 12.1 Å². The number of rotatable bonds is 6. The molecule has 3 N–H and O–H groups in total. The molecule has 0 unspecified atom stereocenters.